The Kier molecular flexibility index (Phi) is 4.24. The third-order valence-corrected chi connectivity index (χ3v) is 3.46. The van der Waals surface area contributed by atoms with Gasteiger partial charge >= 0.3 is 6.18 Å². The SMILES string of the molecule is CCn1cc(CNc2ccc(-n3nncc3C(F)(F)F)cc2)cn1. The van der Waals surface area contributed by atoms with Gasteiger partial charge in [-0.25, -0.2) is 4.68 Å². The number of nitrogens with zero attached hydrogens (tertiary/aromatic N) is 5. The first-order valence-corrected chi connectivity index (χ1v) is 7.31. The Labute approximate surface area is 135 Å². The van der Waals surface area contributed by atoms with E-state index in [0.29, 0.717) is 18.4 Å². The smallest absolute Gasteiger partial charge is 0.381 e. The Morgan fingerprint density at radius 1 is 1.12 bits per heavy atom. The summed E-state index contributed by atoms with van der Waals surface area (Å²) in [7, 11) is 0. The summed E-state index contributed by atoms with van der Waals surface area (Å²) in [5.41, 5.74) is 1.20. The molecule has 3 aromatic rings. The van der Waals surface area contributed by atoms with Crippen LogP contribution in [0.25, 0.3) is 5.69 Å². The van der Waals surface area contributed by atoms with Crippen molar-refractivity contribution >= 4 is 5.69 Å². The number of aromatic nitrogens is 5. The summed E-state index contributed by atoms with van der Waals surface area (Å²) >= 11 is 0. The largest absolute Gasteiger partial charge is 0.435 e. The van der Waals surface area contributed by atoms with Gasteiger partial charge in [0, 0.05) is 30.5 Å². The van der Waals surface area contributed by atoms with Crippen molar-refractivity contribution < 1.29 is 13.2 Å². The van der Waals surface area contributed by atoms with Gasteiger partial charge in [0.25, 0.3) is 0 Å². The zero-order valence-electron chi connectivity index (χ0n) is 12.8. The topological polar surface area (TPSA) is 60.6 Å². The molecule has 2 heterocycles. The third-order valence-electron chi connectivity index (χ3n) is 3.46. The number of halogens is 3. The molecule has 9 heteroatoms. The molecule has 0 atom stereocenters. The first-order valence-electron chi connectivity index (χ1n) is 7.31. The van der Waals surface area contributed by atoms with Gasteiger partial charge in [-0.05, 0) is 31.2 Å². The number of hydrogen-bond donors (Lipinski definition) is 1. The Morgan fingerprint density at radius 2 is 1.88 bits per heavy atom. The maximum absolute atomic E-state index is 12.9. The van der Waals surface area contributed by atoms with Crippen LogP contribution in [0.3, 0.4) is 0 Å². The van der Waals surface area contributed by atoms with E-state index in [1.54, 1.807) is 30.5 Å². The fourth-order valence-corrected chi connectivity index (χ4v) is 2.21. The highest BCUT2D eigenvalue weighted by Crippen LogP contribution is 2.30. The number of anilines is 1. The lowest BCUT2D eigenvalue weighted by molar-refractivity contribution is -0.142. The number of aryl methyl sites for hydroxylation is 1. The molecule has 1 aromatic carbocycles. The number of hydrogen-bond acceptors (Lipinski definition) is 4. The Bertz CT molecular complexity index is 803. The second-order valence-electron chi connectivity index (χ2n) is 5.13. The quantitative estimate of drug-likeness (QED) is 0.778. The first kappa shape index (κ1) is 16.0. The highest BCUT2D eigenvalue weighted by atomic mass is 19.4. The van der Waals surface area contributed by atoms with Crippen LogP contribution in [0.5, 0.6) is 0 Å². The van der Waals surface area contributed by atoms with Crippen molar-refractivity contribution in [3.63, 3.8) is 0 Å². The van der Waals surface area contributed by atoms with E-state index in [-0.39, 0.29) is 0 Å². The molecule has 0 fully saturated rings. The van der Waals surface area contributed by atoms with Crippen molar-refractivity contribution in [2.24, 2.45) is 0 Å². The molecule has 6 nitrogen and oxygen atoms in total. The van der Waals surface area contributed by atoms with E-state index >= 15 is 0 Å². The minimum Gasteiger partial charge on any atom is -0.381 e. The molecule has 24 heavy (non-hydrogen) atoms. The fourth-order valence-electron chi connectivity index (χ4n) is 2.21. The molecule has 0 bridgehead atoms. The van der Waals surface area contributed by atoms with Crippen LogP contribution in [0.1, 0.15) is 18.2 Å². The zero-order chi connectivity index (χ0) is 17.2. The Morgan fingerprint density at radius 3 is 2.50 bits per heavy atom. The predicted octanol–water partition coefficient (Wildman–Crippen LogP) is 3.11. The van der Waals surface area contributed by atoms with Gasteiger partial charge in [0.15, 0.2) is 5.69 Å². The molecule has 0 radical (unpaired) electrons. The van der Waals surface area contributed by atoms with E-state index in [0.717, 1.165) is 22.5 Å². The molecule has 0 saturated heterocycles. The average molecular weight is 336 g/mol. The van der Waals surface area contributed by atoms with E-state index in [1.165, 1.54) is 0 Å². The van der Waals surface area contributed by atoms with E-state index in [4.69, 9.17) is 0 Å². The van der Waals surface area contributed by atoms with Crippen LogP contribution in [0.15, 0.2) is 42.9 Å². The van der Waals surface area contributed by atoms with Crippen molar-refractivity contribution in [2.45, 2.75) is 26.2 Å². The molecule has 2 aromatic heterocycles. The van der Waals surface area contributed by atoms with Crippen LogP contribution in [0.4, 0.5) is 18.9 Å². The van der Waals surface area contributed by atoms with Gasteiger partial charge in [0.1, 0.15) is 0 Å². The molecule has 0 spiro atoms. The Hall–Kier alpha value is -2.84. The number of nitrogens with one attached hydrogen (secondary N) is 1. The molecule has 0 aliphatic rings. The van der Waals surface area contributed by atoms with Crippen molar-refractivity contribution in [2.75, 3.05) is 5.32 Å². The average Bonchev–Trinajstić information content (AvgIpc) is 3.22. The standard InChI is InChI=1S/C15H15F3N6/c1-2-23-10-11(8-21-23)7-19-12-3-5-13(6-4-12)24-14(9-20-22-24)15(16,17)18/h3-6,8-10,19H,2,7H2,1H3. The predicted molar refractivity (Wildman–Crippen MR) is 81.6 cm³/mol. The summed E-state index contributed by atoms with van der Waals surface area (Å²) in [6, 6.07) is 6.51. The second-order valence-corrected chi connectivity index (χ2v) is 5.13. The van der Waals surface area contributed by atoms with Crippen molar-refractivity contribution in [3.05, 3.63) is 54.1 Å². The summed E-state index contributed by atoms with van der Waals surface area (Å²) in [6.07, 6.45) is -0.0837. The molecule has 0 aliphatic carbocycles. The molecule has 0 saturated carbocycles. The van der Waals surface area contributed by atoms with Crippen molar-refractivity contribution in [1.82, 2.24) is 24.8 Å². The lowest BCUT2D eigenvalue weighted by atomic mass is 10.2. The summed E-state index contributed by atoms with van der Waals surface area (Å²) in [5.74, 6) is 0. The van der Waals surface area contributed by atoms with Gasteiger partial charge in [-0.15, -0.1) is 5.10 Å². The summed E-state index contributed by atoms with van der Waals surface area (Å²) < 4.78 is 41.2. The molecule has 0 aliphatic heterocycles. The monoisotopic (exact) mass is 336 g/mol. The van der Waals surface area contributed by atoms with Crippen molar-refractivity contribution in [1.29, 1.82) is 0 Å². The molecule has 3 rings (SSSR count). The lowest BCUT2D eigenvalue weighted by Crippen LogP contribution is -2.13. The van der Waals surface area contributed by atoms with Gasteiger partial charge in [0.2, 0.25) is 0 Å². The number of alkyl halides is 3. The van der Waals surface area contributed by atoms with Crippen molar-refractivity contribution in [3.8, 4) is 5.69 Å². The van der Waals surface area contributed by atoms with Crippen LogP contribution >= 0.6 is 0 Å². The van der Waals surface area contributed by atoms with Crippen LogP contribution in [-0.2, 0) is 19.3 Å². The molecule has 126 valence electrons. The Balaban J connectivity index is 1.71. The molecule has 0 unspecified atom stereocenters. The van der Waals surface area contributed by atoms with E-state index < -0.39 is 11.9 Å². The maximum Gasteiger partial charge on any atom is 0.435 e. The zero-order valence-corrected chi connectivity index (χ0v) is 12.8. The normalized spacial score (nSPS) is 11.7. The van der Waals surface area contributed by atoms with Gasteiger partial charge in [-0.1, -0.05) is 5.21 Å². The molecular formula is C15H15F3N6. The highest BCUT2D eigenvalue weighted by Gasteiger charge is 2.36. The van der Waals surface area contributed by atoms with E-state index in [9.17, 15) is 13.2 Å². The molecule has 0 amide bonds. The first-order chi connectivity index (χ1) is 11.5. The van der Waals surface area contributed by atoms with E-state index in [2.05, 4.69) is 20.7 Å². The summed E-state index contributed by atoms with van der Waals surface area (Å²) in [5, 5.41) is 14.2. The number of rotatable bonds is 5. The van der Waals surface area contributed by atoms with Crippen LogP contribution in [-0.4, -0.2) is 24.8 Å². The minimum absolute atomic E-state index is 0.296. The summed E-state index contributed by atoms with van der Waals surface area (Å²) in [4.78, 5) is 0. The van der Waals surface area contributed by atoms with Crippen LogP contribution < -0.4 is 5.32 Å². The highest BCUT2D eigenvalue weighted by molar-refractivity contribution is 5.49. The maximum atomic E-state index is 12.9. The van der Waals surface area contributed by atoms with Gasteiger partial charge in [-0.3, -0.25) is 4.68 Å². The van der Waals surface area contributed by atoms with Crippen LogP contribution in [0.2, 0.25) is 0 Å². The fraction of sp³-hybridized carbons (Fsp3) is 0.267. The van der Waals surface area contributed by atoms with Gasteiger partial charge < -0.3 is 5.32 Å². The summed E-state index contributed by atoms with van der Waals surface area (Å²) in [6.45, 7) is 3.38. The molecule has 1 N–H and O–H groups in total. The minimum atomic E-state index is -4.50. The number of benzene rings is 1. The van der Waals surface area contributed by atoms with Gasteiger partial charge in [-0.2, -0.15) is 18.3 Å². The molecular weight excluding hydrogens is 321 g/mol. The van der Waals surface area contributed by atoms with Crippen LogP contribution in [0, 0.1) is 0 Å². The third kappa shape index (κ3) is 3.39. The van der Waals surface area contributed by atoms with Gasteiger partial charge in [0.05, 0.1) is 18.1 Å². The lowest BCUT2D eigenvalue weighted by Gasteiger charge is -2.10. The van der Waals surface area contributed by atoms with E-state index in [1.807, 2.05) is 17.8 Å². The second kappa shape index (κ2) is 6.34.